The topological polar surface area (TPSA) is 29.9 Å². The highest BCUT2D eigenvalue weighted by atomic mass is 15.3. The van der Waals surface area contributed by atoms with Crippen molar-refractivity contribution in [1.29, 1.82) is 0 Å². The van der Waals surface area contributed by atoms with Gasteiger partial charge in [0, 0.05) is 18.3 Å². The maximum atomic E-state index is 5.28. The van der Waals surface area contributed by atoms with Gasteiger partial charge in [-0.3, -0.25) is 10.00 Å². The first-order valence-electron chi connectivity index (χ1n) is 5.17. The molecule has 0 amide bonds. The molecule has 0 aliphatic heterocycles. The lowest BCUT2D eigenvalue weighted by molar-refractivity contribution is 0.355. The summed E-state index contributed by atoms with van der Waals surface area (Å²) >= 11 is 0. The SMILES string of the molecule is C#CC(C)NCc1cnn(C(C)(C)C)c1. The summed E-state index contributed by atoms with van der Waals surface area (Å²) in [5.41, 5.74) is 1.20. The molecule has 0 aromatic carbocycles. The molecule has 0 bridgehead atoms. The second-order valence-corrected chi connectivity index (χ2v) is 4.73. The molecule has 1 aromatic heterocycles. The van der Waals surface area contributed by atoms with Crippen LogP contribution in [0, 0.1) is 12.3 Å². The quantitative estimate of drug-likeness (QED) is 0.762. The molecule has 0 radical (unpaired) electrons. The van der Waals surface area contributed by atoms with E-state index in [1.54, 1.807) is 0 Å². The van der Waals surface area contributed by atoms with Crippen LogP contribution in [0.1, 0.15) is 33.3 Å². The minimum atomic E-state index is 0.0377. The van der Waals surface area contributed by atoms with Gasteiger partial charge in [0.25, 0.3) is 0 Å². The van der Waals surface area contributed by atoms with E-state index in [-0.39, 0.29) is 11.6 Å². The van der Waals surface area contributed by atoms with Crippen LogP contribution in [0.25, 0.3) is 0 Å². The standard InChI is InChI=1S/C12H19N3/c1-6-10(2)13-7-11-8-14-15(9-11)12(3,4)5/h1,8-10,13H,7H2,2-5H3. The van der Waals surface area contributed by atoms with Crippen LogP contribution in [0.15, 0.2) is 12.4 Å². The monoisotopic (exact) mass is 205 g/mol. The van der Waals surface area contributed by atoms with Crippen molar-refractivity contribution in [2.75, 3.05) is 0 Å². The highest BCUT2D eigenvalue weighted by molar-refractivity contribution is 5.06. The fourth-order valence-corrected chi connectivity index (χ4v) is 1.15. The predicted molar refractivity (Wildman–Crippen MR) is 62.4 cm³/mol. The molecule has 0 fully saturated rings. The first kappa shape index (κ1) is 11.8. The minimum Gasteiger partial charge on any atom is -0.300 e. The molecule has 0 saturated heterocycles. The number of aromatic nitrogens is 2. The van der Waals surface area contributed by atoms with Gasteiger partial charge in [-0.2, -0.15) is 5.10 Å². The number of nitrogens with one attached hydrogen (secondary N) is 1. The van der Waals surface area contributed by atoms with Gasteiger partial charge in [-0.05, 0) is 27.7 Å². The van der Waals surface area contributed by atoms with Crippen molar-refractivity contribution in [2.24, 2.45) is 0 Å². The van der Waals surface area contributed by atoms with E-state index in [1.165, 1.54) is 0 Å². The van der Waals surface area contributed by atoms with Crippen LogP contribution in [0.2, 0.25) is 0 Å². The smallest absolute Gasteiger partial charge is 0.0660 e. The van der Waals surface area contributed by atoms with Crippen LogP contribution in [0.3, 0.4) is 0 Å². The Morgan fingerprint density at radius 1 is 1.60 bits per heavy atom. The highest BCUT2D eigenvalue weighted by Gasteiger charge is 2.13. The summed E-state index contributed by atoms with van der Waals surface area (Å²) in [6.45, 7) is 9.11. The van der Waals surface area contributed by atoms with E-state index < -0.39 is 0 Å². The van der Waals surface area contributed by atoms with E-state index in [1.807, 2.05) is 17.8 Å². The third kappa shape index (κ3) is 3.41. The van der Waals surface area contributed by atoms with Gasteiger partial charge < -0.3 is 0 Å². The minimum absolute atomic E-state index is 0.0377. The molecule has 3 heteroatoms. The van der Waals surface area contributed by atoms with E-state index in [9.17, 15) is 0 Å². The third-order valence-corrected chi connectivity index (χ3v) is 2.19. The Labute approximate surface area is 91.9 Å². The van der Waals surface area contributed by atoms with Crippen molar-refractivity contribution in [3.63, 3.8) is 0 Å². The van der Waals surface area contributed by atoms with Crippen molar-refractivity contribution >= 4 is 0 Å². The fourth-order valence-electron chi connectivity index (χ4n) is 1.15. The Bertz CT molecular complexity index is 352. The van der Waals surface area contributed by atoms with Gasteiger partial charge in [-0.15, -0.1) is 6.42 Å². The van der Waals surface area contributed by atoms with E-state index in [0.29, 0.717) is 0 Å². The van der Waals surface area contributed by atoms with Crippen LogP contribution in [0.5, 0.6) is 0 Å². The Kier molecular flexibility index (Phi) is 3.54. The maximum Gasteiger partial charge on any atom is 0.0660 e. The molecular formula is C12H19N3. The third-order valence-electron chi connectivity index (χ3n) is 2.19. The highest BCUT2D eigenvalue weighted by Crippen LogP contribution is 2.12. The number of rotatable bonds is 3. The lowest BCUT2D eigenvalue weighted by atomic mass is 10.1. The Morgan fingerprint density at radius 2 is 2.27 bits per heavy atom. The van der Waals surface area contributed by atoms with Crippen molar-refractivity contribution in [3.8, 4) is 12.3 Å². The second-order valence-electron chi connectivity index (χ2n) is 4.73. The summed E-state index contributed by atoms with van der Waals surface area (Å²) in [7, 11) is 0. The van der Waals surface area contributed by atoms with Gasteiger partial charge in [0.2, 0.25) is 0 Å². The van der Waals surface area contributed by atoms with Gasteiger partial charge in [-0.25, -0.2) is 0 Å². The Morgan fingerprint density at radius 3 is 2.73 bits per heavy atom. The summed E-state index contributed by atoms with van der Waals surface area (Å²) < 4.78 is 1.96. The fraction of sp³-hybridized carbons (Fsp3) is 0.583. The van der Waals surface area contributed by atoms with Crippen LogP contribution < -0.4 is 5.32 Å². The molecular weight excluding hydrogens is 186 g/mol. The average Bonchev–Trinajstić information content (AvgIpc) is 2.61. The van der Waals surface area contributed by atoms with Crippen LogP contribution >= 0.6 is 0 Å². The van der Waals surface area contributed by atoms with Crippen molar-refractivity contribution in [1.82, 2.24) is 15.1 Å². The summed E-state index contributed by atoms with van der Waals surface area (Å²) in [4.78, 5) is 0. The molecule has 0 aliphatic carbocycles. The zero-order valence-electron chi connectivity index (χ0n) is 9.91. The Balaban J connectivity index is 2.59. The molecule has 82 valence electrons. The molecule has 0 spiro atoms. The van der Waals surface area contributed by atoms with Crippen LogP contribution in [0.4, 0.5) is 0 Å². The first-order valence-corrected chi connectivity index (χ1v) is 5.17. The Hall–Kier alpha value is -1.27. The molecule has 15 heavy (non-hydrogen) atoms. The molecule has 1 heterocycles. The number of nitrogens with zero attached hydrogens (tertiary/aromatic N) is 2. The molecule has 3 nitrogen and oxygen atoms in total. The summed E-state index contributed by atoms with van der Waals surface area (Å²) in [5.74, 6) is 2.63. The van der Waals surface area contributed by atoms with Crippen LogP contribution in [-0.4, -0.2) is 15.8 Å². The lowest BCUT2D eigenvalue weighted by Gasteiger charge is -2.18. The van der Waals surface area contributed by atoms with Gasteiger partial charge in [-0.1, -0.05) is 5.92 Å². The van der Waals surface area contributed by atoms with Gasteiger partial charge >= 0.3 is 0 Å². The molecule has 0 saturated carbocycles. The van der Waals surface area contributed by atoms with Gasteiger partial charge in [0.1, 0.15) is 0 Å². The normalized spacial score (nSPS) is 13.5. The summed E-state index contributed by atoms with van der Waals surface area (Å²) in [6.07, 6.45) is 9.21. The second kappa shape index (κ2) is 4.50. The number of hydrogen-bond donors (Lipinski definition) is 1. The molecule has 1 unspecified atom stereocenters. The largest absolute Gasteiger partial charge is 0.300 e. The van der Waals surface area contributed by atoms with E-state index in [0.717, 1.165) is 12.1 Å². The molecule has 1 atom stereocenters. The molecule has 0 aliphatic rings. The zero-order chi connectivity index (χ0) is 11.5. The van der Waals surface area contributed by atoms with Gasteiger partial charge in [0.05, 0.1) is 17.8 Å². The van der Waals surface area contributed by atoms with E-state index in [2.05, 4.69) is 43.3 Å². The maximum absolute atomic E-state index is 5.28. The number of hydrogen-bond acceptors (Lipinski definition) is 2. The molecule has 1 aromatic rings. The molecule has 1 N–H and O–H groups in total. The van der Waals surface area contributed by atoms with Crippen molar-refractivity contribution in [2.45, 2.75) is 45.8 Å². The van der Waals surface area contributed by atoms with E-state index in [4.69, 9.17) is 6.42 Å². The average molecular weight is 205 g/mol. The zero-order valence-corrected chi connectivity index (χ0v) is 9.91. The van der Waals surface area contributed by atoms with Crippen LogP contribution in [-0.2, 0) is 12.1 Å². The number of terminal acetylenes is 1. The van der Waals surface area contributed by atoms with E-state index >= 15 is 0 Å². The lowest BCUT2D eigenvalue weighted by Crippen LogP contribution is -2.24. The van der Waals surface area contributed by atoms with Crippen molar-refractivity contribution in [3.05, 3.63) is 18.0 Å². The predicted octanol–water partition coefficient (Wildman–Crippen LogP) is 1.75. The summed E-state index contributed by atoms with van der Waals surface area (Å²) in [5, 5.41) is 7.54. The van der Waals surface area contributed by atoms with Crippen molar-refractivity contribution < 1.29 is 0 Å². The molecule has 1 rings (SSSR count). The summed E-state index contributed by atoms with van der Waals surface area (Å²) in [6, 6.07) is 0.1000. The first-order chi connectivity index (χ1) is 6.93. The van der Waals surface area contributed by atoms with Gasteiger partial charge in [0.15, 0.2) is 0 Å².